The fourth-order valence-corrected chi connectivity index (χ4v) is 4.24. The first-order valence-electron chi connectivity index (χ1n) is 7.90. The lowest BCUT2D eigenvalue weighted by molar-refractivity contribution is 0.344. The molecule has 0 amide bonds. The van der Waals surface area contributed by atoms with E-state index >= 15 is 0 Å². The molecule has 1 aromatic rings. The van der Waals surface area contributed by atoms with Crippen LogP contribution in [0.5, 0.6) is 5.75 Å². The molecule has 1 saturated carbocycles. The van der Waals surface area contributed by atoms with Gasteiger partial charge in [0.05, 0.1) is 6.61 Å². The summed E-state index contributed by atoms with van der Waals surface area (Å²) in [4.78, 5) is 0. The first kappa shape index (κ1) is 14.4. The number of rotatable bonds is 5. The summed E-state index contributed by atoms with van der Waals surface area (Å²) < 4.78 is 7.06. The molecule has 0 bridgehead atoms. The van der Waals surface area contributed by atoms with Crippen molar-refractivity contribution in [3.8, 4) is 5.75 Å². The van der Waals surface area contributed by atoms with Crippen molar-refractivity contribution < 1.29 is 4.74 Å². The third kappa shape index (κ3) is 3.04. The zero-order valence-corrected chi connectivity index (χ0v) is 13.8. The van der Waals surface area contributed by atoms with Gasteiger partial charge in [0.25, 0.3) is 0 Å². The Morgan fingerprint density at radius 3 is 2.90 bits per heavy atom. The molecule has 3 heteroatoms. The Morgan fingerprint density at radius 1 is 1.35 bits per heavy atom. The van der Waals surface area contributed by atoms with Crippen LogP contribution in [0.15, 0.2) is 16.6 Å². The van der Waals surface area contributed by atoms with Gasteiger partial charge in [-0.05, 0) is 43.5 Å². The molecule has 1 heterocycles. The van der Waals surface area contributed by atoms with Crippen molar-refractivity contribution in [2.45, 2.75) is 51.0 Å². The van der Waals surface area contributed by atoms with Gasteiger partial charge in [-0.25, -0.2) is 0 Å². The van der Waals surface area contributed by atoms with Gasteiger partial charge >= 0.3 is 0 Å². The fraction of sp³-hybridized carbons (Fsp3) is 0.647. The lowest BCUT2D eigenvalue weighted by Crippen LogP contribution is -2.18. The summed E-state index contributed by atoms with van der Waals surface area (Å²) in [6.45, 7) is 0.831. The molecule has 1 atom stereocenters. The van der Waals surface area contributed by atoms with Gasteiger partial charge in [0.15, 0.2) is 0 Å². The monoisotopic (exact) mass is 337 g/mol. The third-order valence-electron chi connectivity index (χ3n) is 4.84. The second kappa shape index (κ2) is 6.48. The second-order valence-electron chi connectivity index (χ2n) is 6.15. The highest BCUT2D eigenvalue weighted by Crippen LogP contribution is 2.39. The third-order valence-corrected chi connectivity index (χ3v) is 5.30. The SMILES string of the molecule is CNC(CCC1CCCC1)c1cc(Br)cc2c1OCC2. The molecule has 0 spiro atoms. The Hall–Kier alpha value is -0.540. The van der Waals surface area contributed by atoms with Gasteiger partial charge in [0.1, 0.15) is 5.75 Å². The molecule has 1 aliphatic heterocycles. The number of nitrogens with one attached hydrogen (secondary N) is 1. The average molecular weight is 338 g/mol. The van der Waals surface area contributed by atoms with Gasteiger partial charge in [-0.2, -0.15) is 0 Å². The minimum Gasteiger partial charge on any atom is -0.493 e. The standard InChI is InChI=1S/C17H24BrNO/c1-19-16(7-6-12-4-2-3-5-12)15-11-14(18)10-13-8-9-20-17(13)15/h10-12,16,19H,2-9H2,1H3. The quantitative estimate of drug-likeness (QED) is 0.846. The van der Waals surface area contributed by atoms with E-state index in [9.17, 15) is 0 Å². The van der Waals surface area contributed by atoms with Crippen LogP contribution in [-0.4, -0.2) is 13.7 Å². The maximum atomic E-state index is 5.88. The summed E-state index contributed by atoms with van der Waals surface area (Å²) in [5, 5.41) is 3.50. The van der Waals surface area contributed by atoms with Crippen LogP contribution in [0.25, 0.3) is 0 Å². The highest BCUT2D eigenvalue weighted by molar-refractivity contribution is 9.10. The summed E-state index contributed by atoms with van der Waals surface area (Å²) in [6, 6.07) is 4.86. The predicted molar refractivity (Wildman–Crippen MR) is 86.3 cm³/mol. The summed E-state index contributed by atoms with van der Waals surface area (Å²) in [5.74, 6) is 2.09. The van der Waals surface area contributed by atoms with Gasteiger partial charge in [0, 0.05) is 22.5 Å². The van der Waals surface area contributed by atoms with Crippen LogP contribution in [0.1, 0.15) is 55.7 Å². The molecule has 1 unspecified atom stereocenters. The van der Waals surface area contributed by atoms with Gasteiger partial charge in [-0.1, -0.05) is 41.6 Å². The lowest BCUT2D eigenvalue weighted by atomic mass is 9.93. The minimum atomic E-state index is 0.417. The van der Waals surface area contributed by atoms with E-state index < -0.39 is 0 Å². The average Bonchev–Trinajstić information content (AvgIpc) is 3.09. The molecule has 1 N–H and O–H groups in total. The van der Waals surface area contributed by atoms with Crippen LogP contribution < -0.4 is 10.1 Å². The van der Waals surface area contributed by atoms with E-state index in [1.54, 1.807) is 0 Å². The first-order chi connectivity index (χ1) is 9.78. The number of fused-ring (bicyclic) bond motifs is 1. The van der Waals surface area contributed by atoms with Gasteiger partial charge < -0.3 is 10.1 Å². The molecule has 2 nitrogen and oxygen atoms in total. The normalized spacial score (nSPS) is 19.9. The Balaban J connectivity index is 1.75. The molecule has 2 aliphatic rings. The van der Waals surface area contributed by atoms with E-state index in [0.29, 0.717) is 6.04 Å². The van der Waals surface area contributed by atoms with Crippen LogP contribution in [0.2, 0.25) is 0 Å². The zero-order chi connectivity index (χ0) is 13.9. The van der Waals surface area contributed by atoms with E-state index in [4.69, 9.17) is 4.74 Å². The van der Waals surface area contributed by atoms with Gasteiger partial charge in [-0.3, -0.25) is 0 Å². The lowest BCUT2D eigenvalue weighted by Gasteiger charge is -2.21. The van der Waals surface area contributed by atoms with Crippen LogP contribution in [0.3, 0.4) is 0 Å². The largest absolute Gasteiger partial charge is 0.493 e. The zero-order valence-electron chi connectivity index (χ0n) is 12.3. The Labute approximate surface area is 130 Å². The van der Waals surface area contributed by atoms with Crippen molar-refractivity contribution >= 4 is 15.9 Å². The minimum absolute atomic E-state index is 0.417. The van der Waals surface area contributed by atoms with Crippen molar-refractivity contribution in [1.29, 1.82) is 0 Å². The van der Waals surface area contributed by atoms with Crippen LogP contribution in [-0.2, 0) is 6.42 Å². The van der Waals surface area contributed by atoms with Crippen molar-refractivity contribution in [3.05, 3.63) is 27.7 Å². The maximum Gasteiger partial charge on any atom is 0.127 e. The number of hydrogen-bond donors (Lipinski definition) is 1. The first-order valence-corrected chi connectivity index (χ1v) is 8.69. The van der Waals surface area contributed by atoms with Gasteiger partial charge in [0.2, 0.25) is 0 Å². The van der Waals surface area contributed by atoms with Crippen LogP contribution >= 0.6 is 15.9 Å². The fourth-order valence-electron chi connectivity index (χ4n) is 3.71. The molecule has 1 aromatic carbocycles. The van der Waals surface area contributed by atoms with Crippen molar-refractivity contribution in [2.75, 3.05) is 13.7 Å². The molecular weight excluding hydrogens is 314 g/mol. The molecule has 3 rings (SSSR count). The molecule has 1 aliphatic carbocycles. The van der Waals surface area contributed by atoms with Crippen molar-refractivity contribution in [1.82, 2.24) is 5.32 Å². The van der Waals surface area contributed by atoms with E-state index in [1.165, 1.54) is 54.1 Å². The van der Waals surface area contributed by atoms with E-state index in [-0.39, 0.29) is 0 Å². The molecule has 110 valence electrons. The van der Waals surface area contributed by atoms with E-state index in [0.717, 1.165) is 24.7 Å². The molecular formula is C17H24BrNO. The smallest absolute Gasteiger partial charge is 0.127 e. The Bertz CT molecular complexity index is 468. The summed E-state index contributed by atoms with van der Waals surface area (Å²) in [5.41, 5.74) is 2.70. The highest BCUT2D eigenvalue weighted by atomic mass is 79.9. The molecule has 0 radical (unpaired) electrons. The van der Waals surface area contributed by atoms with E-state index in [1.807, 2.05) is 0 Å². The summed E-state index contributed by atoms with van der Waals surface area (Å²) in [6.07, 6.45) is 9.34. The summed E-state index contributed by atoms with van der Waals surface area (Å²) in [7, 11) is 2.07. The van der Waals surface area contributed by atoms with Crippen molar-refractivity contribution in [2.24, 2.45) is 5.92 Å². The van der Waals surface area contributed by atoms with E-state index in [2.05, 4.69) is 40.4 Å². The Morgan fingerprint density at radius 2 is 2.15 bits per heavy atom. The molecule has 1 fully saturated rings. The number of hydrogen-bond acceptors (Lipinski definition) is 2. The molecule has 0 saturated heterocycles. The molecule has 0 aromatic heterocycles. The Kier molecular flexibility index (Phi) is 4.67. The van der Waals surface area contributed by atoms with Gasteiger partial charge in [-0.15, -0.1) is 0 Å². The van der Waals surface area contributed by atoms with Crippen LogP contribution in [0.4, 0.5) is 0 Å². The predicted octanol–water partition coefficient (Wildman–Crippen LogP) is 4.61. The molecule has 20 heavy (non-hydrogen) atoms. The summed E-state index contributed by atoms with van der Waals surface area (Å²) >= 11 is 3.65. The maximum absolute atomic E-state index is 5.88. The number of halogens is 1. The van der Waals surface area contributed by atoms with Crippen LogP contribution in [0, 0.1) is 5.92 Å². The number of benzene rings is 1. The number of ether oxygens (including phenoxy) is 1. The highest BCUT2D eigenvalue weighted by Gasteiger charge is 2.24. The second-order valence-corrected chi connectivity index (χ2v) is 7.07. The topological polar surface area (TPSA) is 21.3 Å². The van der Waals surface area contributed by atoms with Crippen molar-refractivity contribution in [3.63, 3.8) is 0 Å².